The lowest BCUT2D eigenvalue weighted by molar-refractivity contribution is -0.143. The lowest BCUT2D eigenvalue weighted by Gasteiger charge is -2.14. The average molecular weight is 236 g/mol. The van der Waals surface area contributed by atoms with Gasteiger partial charge in [0, 0.05) is 6.54 Å². The highest BCUT2D eigenvalue weighted by Crippen LogP contribution is 2.34. The number of hydrogen-bond donors (Lipinski definition) is 1. The Morgan fingerprint density at radius 2 is 1.82 bits per heavy atom. The minimum absolute atomic E-state index is 0.140. The zero-order valence-corrected chi connectivity index (χ0v) is 9.81. The molecule has 5 nitrogen and oxygen atoms in total. The van der Waals surface area contributed by atoms with Gasteiger partial charge in [-0.2, -0.15) is 0 Å². The van der Waals surface area contributed by atoms with Crippen LogP contribution < -0.4 is 5.32 Å². The van der Waals surface area contributed by atoms with Gasteiger partial charge in [0.15, 0.2) is 0 Å². The monoisotopic (exact) mass is 236 g/mol. The maximum absolute atomic E-state index is 12.0. The summed E-state index contributed by atoms with van der Waals surface area (Å²) in [5.41, 5.74) is 0. The third-order valence-electron chi connectivity index (χ3n) is 3.27. The SMILES string of the molecule is CCNC(=O)CN1C(=O)C2CC=CCC2C1=O. The van der Waals surface area contributed by atoms with Crippen molar-refractivity contribution >= 4 is 17.7 Å². The Morgan fingerprint density at radius 3 is 2.29 bits per heavy atom. The normalized spacial score (nSPS) is 27.2. The van der Waals surface area contributed by atoms with Crippen LogP contribution in [0.15, 0.2) is 12.2 Å². The smallest absolute Gasteiger partial charge is 0.240 e. The molecule has 0 spiro atoms. The number of imide groups is 1. The van der Waals surface area contributed by atoms with Crippen molar-refractivity contribution in [2.45, 2.75) is 19.8 Å². The molecular weight excluding hydrogens is 220 g/mol. The number of amides is 3. The van der Waals surface area contributed by atoms with E-state index in [1.807, 2.05) is 12.2 Å². The zero-order valence-electron chi connectivity index (χ0n) is 9.81. The highest BCUT2D eigenvalue weighted by molar-refractivity contribution is 6.07. The molecule has 2 rings (SSSR count). The third kappa shape index (κ3) is 2.09. The number of allylic oxidation sites excluding steroid dienone is 2. The van der Waals surface area contributed by atoms with E-state index in [9.17, 15) is 14.4 Å². The first kappa shape index (κ1) is 11.8. The van der Waals surface area contributed by atoms with Gasteiger partial charge < -0.3 is 5.32 Å². The minimum Gasteiger partial charge on any atom is -0.355 e. The molecule has 0 aromatic carbocycles. The van der Waals surface area contributed by atoms with Crippen LogP contribution in [0.2, 0.25) is 0 Å². The molecule has 92 valence electrons. The van der Waals surface area contributed by atoms with Crippen molar-refractivity contribution in [2.24, 2.45) is 11.8 Å². The Kier molecular flexibility index (Phi) is 3.26. The maximum Gasteiger partial charge on any atom is 0.240 e. The fourth-order valence-electron chi connectivity index (χ4n) is 2.42. The molecule has 0 radical (unpaired) electrons. The molecule has 0 bridgehead atoms. The molecule has 1 fully saturated rings. The Balaban J connectivity index is 2.07. The summed E-state index contributed by atoms with van der Waals surface area (Å²) in [4.78, 5) is 36.5. The number of carbonyl (C=O) groups excluding carboxylic acids is 3. The summed E-state index contributed by atoms with van der Waals surface area (Å²) in [5.74, 6) is -1.17. The standard InChI is InChI=1S/C12H16N2O3/c1-2-13-10(15)7-14-11(16)8-5-3-4-6-9(8)12(14)17/h3-4,8-9H,2,5-7H2,1H3,(H,13,15). The molecule has 2 atom stereocenters. The predicted octanol–water partition coefficient (Wildman–Crippen LogP) is 0.0737. The van der Waals surface area contributed by atoms with E-state index >= 15 is 0 Å². The molecule has 1 heterocycles. The minimum atomic E-state index is -0.277. The van der Waals surface area contributed by atoms with Gasteiger partial charge in [0.25, 0.3) is 0 Å². The van der Waals surface area contributed by atoms with Crippen molar-refractivity contribution in [2.75, 3.05) is 13.1 Å². The van der Waals surface area contributed by atoms with E-state index in [0.29, 0.717) is 19.4 Å². The molecule has 0 aromatic heterocycles. The van der Waals surface area contributed by atoms with Gasteiger partial charge in [0.05, 0.1) is 11.8 Å². The van der Waals surface area contributed by atoms with Gasteiger partial charge in [-0.1, -0.05) is 12.2 Å². The molecule has 3 amide bonds. The molecule has 5 heteroatoms. The van der Waals surface area contributed by atoms with Crippen LogP contribution >= 0.6 is 0 Å². The number of rotatable bonds is 3. The van der Waals surface area contributed by atoms with Crippen LogP contribution in [0.25, 0.3) is 0 Å². The van der Waals surface area contributed by atoms with Gasteiger partial charge in [-0.3, -0.25) is 19.3 Å². The largest absolute Gasteiger partial charge is 0.355 e. The number of nitrogens with zero attached hydrogens (tertiary/aromatic N) is 1. The number of hydrogen-bond acceptors (Lipinski definition) is 3. The fourth-order valence-corrected chi connectivity index (χ4v) is 2.42. The Morgan fingerprint density at radius 1 is 1.29 bits per heavy atom. The van der Waals surface area contributed by atoms with Crippen molar-refractivity contribution in [3.63, 3.8) is 0 Å². The van der Waals surface area contributed by atoms with E-state index in [2.05, 4.69) is 5.32 Å². The highest BCUT2D eigenvalue weighted by atomic mass is 16.2. The molecule has 1 aliphatic heterocycles. The summed E-state index contributed by atoms with van der Waals surface area (Å²) < 4.78 is 0. The number of likely N-dealkylation sites (tertiary alicyclic amines) is 1. The molecule has 0 saturated carbocycles. The molecule has 17 heavy (non-hydrogen) atoms. The molecule has 2 aliphatic rings. The third-order valence-corrected chi connectivity index (χ3v) is 3.27. The molecule has 1 aliphatic carbocycles. The van der Waals surface area contributed by atoms with Crippen molar-refractivity contribution in [3.05, 3.63) is 12.2 Å². The fraction of sp³-hybridized carbons (Fsp3) is 0.583. The lowest BCUT2D eigenvalue weighted by Crippen LogP contribution is -2.40. The second kappa shape index (κ2) is 4.69. The van der Waals surface area contributed by atoms with Crippen LogP contribution in [0.4, 0.5) is 0 Å². The number of carbonyl (C=O) groups is 3. The van der Waals surface area contributed by atoms with Crippen molar-refractivity contribution < 1.29 is 14.4 Å². The van der Waals surface area contributed by atoms with Crippen LogP contribution in [-0.2, 0) is 14.4 Å². The topological polar surface area (TPSA) is 66.5 Å². The van der Waals surface area contributed by atoms with E-state index < -0.39 is 0 Å². The van der Waals surface area contributed by atoms with Crippen molar-refractivity contribution in [1.82, 2.24) is 10.2 Å². The maximum atomic E-state index is 12.0. The van der Waals surface area contributed by atoms with Crippen LogP contribution in [0.3, 0.4) is 0 Å². The average Bonchev–Trinajstić information content (AvgIpc) is 2.56. The first-order valence-corrected chi connectivity index (χ1v) is 5.92. The number of likely N-dealkylation sites (N-methyl/N-ethyl adjacent to an activating group) is 1. The summed E-state index contributed by atoms with van der Waals surface area (Å²) in [6, 6.07) is 0. The highest BCUT2D eigenvalue weighted by Gasteiger charge is 2.47. The summed E-state index contributed by atoms with van der Waals surface area (Å²) >= 11 is 0. The summed E-state index contributed by atoms with van der Waals surface area (Å²) in [6.45, 7) is 2.16. The van der Waals surface area contributed by atoms with E-state index in [-0.39, 0.29) is 36.1 Å². The number of fused-ring (bicyclic) bond motifs is 1. The molecule has 2 unspecified atom stereocenters. The van der Waals surface area contributed by atoms with Gasteiger partial charge in [-0.25, -0.2) is 0 Å². The first-order chi connectivity index (χ1) is 8.15. The Labute approximate surface area is 99.8 Å². The predicted molar refractivity (Wildman–Crippen MR) is 60.8 cm³/mol. The van der Waals surface area contributed by atoms with Crippen LogP contribution in [0.5, 0.6) is 0 Å². The van der Waals surface area contributed by atoms with E-state index in [0.717, 1.165) is 4.90 Å². The van der Waals surface area contributed by atoms with Crippen LogP contribution in [0.1, 0.15) is 19.8 Å². The van der Waals surface area contributed by atoms with Gasteiger partial charge in [-0.15, -0.1) is 0 Å². The first-order valence-electron chi connectivity index (χ1n) is 5.92. The molecule has 1 saturated heterocycles. The van der Waals surface area contributed by atoms with Gasteiger partial charge in [0.2, 0.25) is 17.7 Å². The molecular formula is C12H16N2O3. The summed E-state index contributed by atoms with van der Waals surface area (Å²) in [5, 5.41) is 2.59. The molecule has 0 aromatic rings. The van der Waals surface area contributed by atoms with Gasteiger partial charge in [0.1, 0.15) is 6.54 Å². The van der Waals surface area contributed by atoms with Crippen LogP contribution in [-0.4, -0.2) is 35.7 Å². The lowest BCUT2D eigenvalue weighted by atomic mass is 9.85. The van der Waals surface area contributed by atoms with Crippen molar-refractivity contribution in [1.29, 1.82) is 0 Å². The van der Waals surface area contributed by atoms with Gasteiger partial charge >= 0.3 is 0 Å². The number of nitrogens with one attached hydrogen (secondary N) is 1. The zero-order chi connectivity index (χ0) is 12.4. The molecule has 1 N–H and O–H groups in total. The summed E-state index contributed by atoms with van der Waals surface area (Å²) in [7, 11) is 0. The van der Waals surface area contributed by atoms with E-state index in [1.165, 1.54) is 0 Å². The van der Waals surface area contributed by atoms with Crippen molar-refractivity contribution in [3.8, 4) is 0 Å². The van der Waals surface area contributed by atoms with Gasteiger partial charge in [-0.05, 0) is 19.8 Å². The Hall–Kier alpha value is -1.65. The summed E-state index contributed by atoms with van der Waals surface area (Å²) in [6.07, 6.45) is 5.09. The van der Waals surface area contributed by atoms with E-state index in [4.69, 9.17) is 0 Å². The van der Waals surface area contributed by atoms with E-state index in [1.54, 1.807) is 6.92 Å². The quantitative estimate of drug-likeness (QED) is 0.557. The Bertz CT molecular complexity index is 363. The second-order valence-corrected chi connectivity index (χ2v) is 4.37. The second-order valence-electron chi connectivity index (χ2n) is 4.37. The van der Waals surface area contributed by atoms with Crippen LogP contribution in [0, 0.1) is 11.8 Å².